The Kier molecular flexibility index (Phi) is 6.51. The molecular formula is C26H31N3O3S. The average molecular weight is 466 g/mol. The van der Waals surface area contributed by atoms with Crippen LogP contribution in [-0.4, -0.2) is 55.2 Å². The molecule has 5 rings (SSSR count). The van der Waals surface area contributed by atoms with Crippen molar-refractivity contribution in [1.82, 2.24) is 9.88 Å². The van der Waals surface area contributed by atoms with Gasteiger partial charge in [0, 0.05) is 54.7 Å². The second-order valence-electron chi connectivity index (χ2n) is 8.95. The van der Waals surface area contributed by atoms with E-state index in [4.69, 9.17) is 14.5 Å². The van der Waals surface area contributed by atoms with Crippen LogP contribution in [0.1, 0.15) is 45.8 Å². The van der Waals surface area contributed by atoms with E-state index in [9.17, 15) is 4.79 Å². The van der Waals surface area contributed by atoms with Crippen LogP contribution in [0.15, 0.2) is 36.4 Å². The number of aryl methyl sites for hydroxylation is 1. The molecule has 174 valence electrons. The van der Waals surface area contributed by atoms with Crippen LogP contribution >= 0.6 is 11.3 Å². The number of anilines is 1. The number of thiophene rings is 1. The Hall–Kier alpha value is -2.64. The van der Waals surface area contributed by atoms with Gasteiger partial charge in [0.15, 0.2) is 0 Å². The lowest BCUT2D eigenvalue weighted by Gasteiger charge is -2.28. The van der Waals surface area contributed by atoms with Crippen LogP contribution in [-0.2, 0) is 11.3 Å². The molecule has 1 unspecified atom stereocenters. The first kappa shape index (κ1) is 22.2. The SMILES string of the molecule is COc1ccc2cc(CN(CC3CCCO3)C(=O)c3ccc(C)s3)c(N3CCCC3)nc2c1. The van der Waals surface area contributed by atoms with Crippen LogP contribution in [0.4, 0.5) is 5.82 Å². The van der Waals surface area contributed by atoms with E-state index in [0.29, 0.717) is 13.1 Å². The van der Waals surface area contributed by atoms with Gasteiger partial charge in [-0.25, -0.2) is 4.98 Å². The lowest BCUT2D eigenvalue weighted by Crippen LogP contribution is -2.37. The van der Waals surface area contributed by atoms with Gasteiger partial charge in [0.2, 0.25) is 0 Å². The van der Waals surface area contributed by atoms with Gasteiger partial charge in [-0.3, -0.25) is 4.79 Å². The largest absolute Gasteiger partial charge is 0.497 e. The second kappa shape index (κ2) is 9.69. The molecule has 0 saturated carbocycles. The molecule has 0 N–H and O–H groups in total. The summed E-state index contributed by atoms with van der Waals surface area (Å²) in [6.45, 7) is 5.95. The third-order valence-corrected chi connectivity index (χ3v) is 7.52. The summed E-state index contributed by atoms with van der Waals surface area (Å²) in [6, 6.07) is 12.2. The Bertz CT molecular complexity index is 1130. The fourth-order valence-electron chi connectivity index (χ4n) is 4.79. The number of pyridine rings is 1. The molecule has 3 aromatic rings. The van der Waals surface area contributed by atoms with Crippen LogP contribution in [0.2, 0.25) is 0 Å². The molecule has 33 heavy (non-hydrogen) atoms. The zero-order chi connectivity index (χ0) is 22.8. The number of carbonyl (C=O) groups excluding carboxylic acids is 1. The summed E-state index contributed by atoms with van der Waals surface area (Å²) in [6.07, 6.45) is 4.50. The maximum atomic E-state index is 13.6. The second-order valence-corrected chi connectivity index (χ2v) is 10.2. The van der Waals surface area contributed by atoms with Gasteiger partial charge in [-0.05, 0) is 62.9 Å². The Labute approximate surface area is 199 Å². The zero-order valence-electron chi connectivity index (χ0n) is 19.4. The number of amides is 1. The lowest BCUT2D eigenvalue weighted by atomic mass is 10.1. The van der Waals surface area contributed by atoms with Gasteiger partial charge < -0.3 is 19.3 Å². The van der Waals surface area contributed by atoms with Crippen LogP contribution in [0.3, 0.4) is 0 Å². The van der Waals surface area contributed by atoms with Crippen LogP contribution in [0, 0.1) is 6.92 Å². The lowest BCUT2D eigenvalue weighted by molar-refractivity contribution is 0.0511. The van der Waals surface area contributed by atoms with Gasteiger partial charge in [0.1, 0.15) is 11.6 Å². The van der Waals surface area contributed by atoms with E-state index in [0.717, 1.165) is 70.3 Å². The Morgan fingerprint density at radius 1 is 1.21 bits per heavy atom. The van der Waals surface area contributed by atoms with Gasteiger partial charge in [-0.2, -0.15) is 0 Å². The maximum absolute atomic E-state index is 13.6. The third-order valence-electron chi connectivity index (χ3n) is 6.53. The summed E-state index contributed by atoms with van der Waals surface area (Å²) >= 11 is 1.56. The quantitative estimate of drug-likeness (QED) is 0.490. The third kappa shape index (κ3) is 4.84. The van der Waals surface area contributed by atoms with E-state index in [-0.39, 0.29) is 12.0 Å². The number of carbonyl (C=O) groups is 1. The van der Waals surface area contributed by atoms with E-state index in [2.05, 4.69) is 11.0 Å². The molecule has 2 aromatic heterocycles. The minimum atomic E-state index is 0.0748. The highest BCUT2D eigenvalue weighted by molar-refractivity contribution is 7.13. The number of rotatable bonds is 7. The molecule has 6 nitrogen and oxygen atoms in total. The number of methoxy groups -OCH3 is 1. The highest BCUT2D eigenvalue weighted by Crippen LogP contribution is 2.30. The predicted octanol–water partition coefficient (Wildman–Crippen LogP) is 5.03. The number of hydrogen-bond acceptors (Lipinski definition) is 6. The Balaban J connectivity index is 1.52. The molecule has 1 atom stereocenters. The molecular weight excluding hydrogens is 434 g/mol. The molecule has 1 amide bonds. The monoisotopic (exact) mass is 465 g/mol. The number of aromatic nitrogens is 1. The molecule has 2 aliphatic heterocycles. The molecule has 2 aliphatic rings. The molecule has 2 fully saturated rings. The van der Waals surface area contributed by atoms with Crippen molar-refractivity contribution >= 4 is 34.0 Å². The highest BCUT2D eigenvalue weighted by atomic mass is 32.1. The van der Waals surface area contributed by atoms with Crippen molar-refractivity contribution in [1.29, 1.82) is 0 Å². The van der Waals surface area contributed by atoms with Crippen molar-refractivity contribution in [2.75, 3.05) is 38.3 Å². The summed E-state index contributed by atoms with van der Waals surface area (Å²) in [5, 5.41) is 1.06. The number of hydrogen-bond donors (Lipinski definition) is 0. The van der Waals surface area contributed by atoms with E-state index < -0.39 is 0 Å². The molecule has 0 radical (unpaired) electrons. The van der Waals surface area contributed by atoms with Gasteiger partial charge in [0.05, 0.1) is 23.6 Å². The van der Waals surface area contributed by atoms with Gasteiger partial charge in [-0.15, -0.1) is 11.3 Å². The van der Waals surface area contributed by atoms with E-state index in [1.165, 1.54) is 12.8 Å². The fourth-order valence-corrected chi connectivity index (χ4v) is 5.63. The topological polar surface area (TPSA) is 54.9 Å². The summed E-state index contributed by atoms with van der Waals surface area (Å²) in [5.74, 6) is 1.87. The van der Waals surface area contributed by atoms with Crippen LogP contribution < -0.4 is 9.64 Å². The van der Waals surface area contributed by atoms with E-state index in [1.54, 1.807) is 18.4 Å². The highest BCUT2D eigenvalue weighted by Gasteiger charge is 2.27. The van der Waals surface area contributed by atoms with Crippen molar-refractivity contribution in [2.45, 2.75) is 45.3 Å². The number of ether oxygens (including phenoxy) is 2. The molecule has 1 aromatic carbocycles. The summed E-state index contributed by atoms with van der Waals surface area (Å²) in [4.78, 5) is 24.9. The van der Waals surface area contributed by atoms with E-state index in [1.807, 2.05) is 42.2 Å². The average Bonchev–Trinajstić information content (AvgIpc) is 3.60. The number of benzene rings is 1. The van der Waals surface area contributed by atoms with Crippen molar-refractivity contribution < 1.29 is 14.3 Å². The molecule has 0 aliphatic carbocycles. The van der Waals surface area contributed by atoms with Crippen molar-refractivity contribution in [3.8, 4) is 5.75 Å². The minimum absolute atomic E-state index is 0.0748. The summed E-state index contributed by atoms with van der Waals surface area (Å²) in [5.41, 5.74) is 2.01. The zero-order valence-corrected chi connectivity index (χ0v) is 20.2. The van der Waals surface area contributed by atoms with Gasteiger partial charge in [-0.1, -0.05) is 0 Å². The van der Waals surface area contributed by atoms with Crippen LogP contribution in [0.5, 0.6) is 5.75 Å². The molecule has 2 saturated heterocycles. The molecule has 4 heterocycles. The Morgan fingerprint density at radius 2 is 2.06 bits per heavy atom. The normalized spacial score (nSPS) is 18.2. The predicted molar refractivity (Wildman–Crippen MR) is 133 cm³/mol. The smallest absolute Gasteiger partial charge is 0.264 e. The first-order valence-corrected chi connectivity index (χ1v) is 12.6. The van der Waals surface area contributed by atoms with Crippen LogP contribution in [0.25, 0.3) is 10.9 Å². The van der Waals surface area contributed by atoms with Crippen molar-refractivity contribution in [3.05, 3.63) is 51.7 Å². The standard InChI is InChI=1S/C26H31N3O3S/c1-18-7-10-24(33-18)26(30)29(17-22-6-5-13-32-22)16-20-14-19-8-9-21(31-2)15-23(19)27-25(20)28-11-3-4-12-28/h7-10,14-15,22H,3-6,11-13,16-17H2,1-2H3. The first-order valence-electron chi connectivity index (χ1n) is 11.8. The molecule has 0 spiro atoms. The Morgan fingerprint density at radius 3 is 2.76 bits per heavy atom. The number of nitrogens with zero attached hydrogens (tertiary/aromatic N) is 3. The molecule has 7 heteroatoms. The minimum Gasteiger partial charge on any atom is -0.497 e. The van der Waals surface area contributed by atoms with Crippen molar-refractivity contribution in [2.24, 2.45) is 0 Å². The molecule has 0 bridgehead atoms. The van der Waals surface area contributed by atoms with Gasteiger partial charge in [0.25, 0.3) is 5.91 Å². The van der Waals surface area contributed by atoms with E-state index >= 15 is 0 Å². The summed E-state index contributed by atoms with van der Waals surface area (Å²) in [7, 11) is 1.68. The number of fused-ring (bicyclic) bond motifs is 1. The fraction of sp³-hybridized carbons (Fsp3) is 0.462. The van der Waals surface area contributed by atoms with Crippen molar-refractivity contribution in [3.63, 3.8) is 0 Å². The summed E-state index contributed by atoms with van der Waals surface area (Å²) < 4.78 is 11.3. The first-order chi connectivity index (χ1) is 16.1. The maximum Gasteiger partial charge on any atom is 0.264 e. The van der Waals surface area contributed by atoms with Gasteiger partial charge >= 0.3 is 0 Å².